The first-order valence-corrected chi connectivity index (χ1v) is 11.6. The highest BCUT2D eigenvalue weighted by Gasteiger charge is 2.21. The Hall–Kier alpha value is -2.14. The van der Waals surface area contributed by atoms with Crippen LogP contribution in [-0.4, -0.2) is 35.9 Å². The molecule has 0 bridgehead atoms. The van der Waals surface area contributed by atoms with E-state index in [2.05, 4.69) is 55.5 Å². The van der Waals surface area contributed by atoms with E-state index in [1.807, 2.05) is 0 Å². The number of unbranched alkanes of at least 4 members (excludes halogenated alkanes) is 5. The highest BCUT2D eigenvalue weighted by atomic mass is 16.6. The normalized spacial score (nSPS) is 14.1. The molecule has 2 atom stereocenters. The van der Waals surface area contributed by atoms with Crippen LogP contribution >= 0.6 is 0 Å². The van der Waals surface area contributed by atoms with Gasteiger partial charge in [0, 0.05) is 0 Å². The number of allylic oxidation sites excluding steroid dienone is 8. The molecule has 0 saturated heterocycles. The van der Waals surface area contributed by atoms with Gasteiger partial charge in [0.05, 0.1) is 6.61 Å². The fraction of sp³-hybridized carbons (Fsp3) is 0.615. The number of hydrogen-bond donors (Lipinski definition) is 1. The predicted molar refractivity (Wildman–Crippen MR) is 127 cm³/mol. The maximum absolute atomic E-state index is 11.7. The summed E-state index contributed by atoms with van der Waals surface area (Å²) in [4.78, 5) is 22.9. The summed E-state index contributed by atoms with van der Waals surface area (Å²) >= 11 is 0. The Morgan fingerprint density at radius 3 is 1.71 bits per heavy atom. The number of rotatable bonds is 18. The Morgan fingerprint density at radius 2 is 1.23 bits per heavy atom. The van der Waals surface area contributed by atoms with Crippen LogP contribution in [0.25, 0.3) is 0 Å². The molecule has 0 amide bonds. The van der Waals surface area contributed by atoms with Crippen molar-refractivity contribution in [3.63, 3.8) is 0 Å². The Labute approximate surface area is 188 Å². The van der Waals surface area contributed by atoms with E-state index in [9.17, 15) is 9.59 Å². The summed E-state index contributed by atoms with van der Waals surface area (Å²) in [6.07, 6.45) is 25.9. The monoisotopic (exact) mass is 434 g/mol. The van der Waals surface area contributed by atoms with E-state index in [4.69, 9.17) is 14.6 Å². The number of ether oxygens (including phenoxy) is 2. The van der Waals surface area contributed by atoms with Crippen molar-refractivity contribution in [2.45, 2.75) is 97.2 Å². The minimum atomic E-state index is -1.25. The molecule has 1 N–H and O–H groups in total. The van der Waals surface area contributed by atoms with Crippen molar-refractivity contribution in [2.24, 2.45) is 0 Å². The number of carbonyl (C=O) groups excluding carboxylic acids is 2. The highest BCUT2D eigenvalue weighted by molar-refractivity contribution is 5.80. The van der Waals surface area contributed by atoms with Gasteiger partial charge in [0.25, 0.3) is 0 Å². The molecule has 0 spiro atoms. The van der Waals surface area contributed by atoms with Gasteiger partial charge in [-0.05, 0) is 65.2 Å². The molecule has 0 aliphatic rings. The second-order valence-electron chi connectivity index (χ2n) is 7.51. The van der Waals surface area contributed by atoms with Gasteiger partial charge in [-0.15, -0.1) is 0 Å². The van der Waals surface area contributed by atoms with Crippen molar-refractivity contribution in [1.82, 2.24) is 0 Å². The summed E-state index contributed by atoms with van der Waals surface area (Å²) in [7, 11) is 0. The zero-order valence-corrected chi connectivity index (χ0v) is 19.6. The number of esters is 2. The van der Waals surface area contributed by atoms with Crippen molar-refractivity contribution in [2.75, 3.05) is 6.61 Å². The van der Waals surface area contributed by atoms with Crippen LogP contribution in [0.15, 0.2) is 48.6 Å². The van der Waals surface area contributed by atoms with Gasteiger partial charge in [0.15, 0.2) is 6.10 Å². The highest BCUT2D eigenvalue weighted by Crippen LogP contribution is 2.03. The molecule has 31 heavy (non-hydrogen) atoms. The van der Waals surface area contributed by atoms with E-state index in [1.165, 1.54) is 39.5 Å². The number of aliphatic hydroxyl groups excluding tert-OH is 1. The minimum Gasteiger partial charge on any atom is -0.463 e. The fourth-order valence-electron chi connectivity index (χ4n) is 2.54. The third-order valence-corrected chi connectivity index (χ3v) is 4.43. The molecule has 0 aliphatic heterocycles. The van der Waals surface area contributed by atoms with Gasteiger partial charge < -0.3 is 14.6 Å². The smallest absolute Gasteiger partial charge is 0.347 e. The molecule has 0 aliphatic carbocycles. The second kappa shape index (κ2) is 21.1. The van der Waals surface area contributed by atoms with Crippen LogP contribution in [0.3, 0.4) is 0 Å². The fourth-order valence-corrected chi connectivity index (χ4v) is 2.54. The molecule has 0 aromatic heterocycles. The van der Waals surface area contributed by atoms with Crippen molar-refractivity contribution >= 4 is 11.9 Å². The first-order valence-electron chi connectivity index (χ1n) is 11.6. The maximum Gasteiger partial charge on any atom is 0.347 e. The largest absolute Gasteiger partial charge is 0.463 e. The van der Waals surface area contributed by atoms with Crippen molar-refractivity contribution < 1.29 is 24.2 Å². The zero-order valence-electron chi connectivity index (χ0n) is 19.6. The van der Waals surface area contributed by atoms with Crippen LogP contribution in [0, 0.1) is 0 Å². The summed E-state index contributed by atoms with van der Waals surface area (Å²) < 4.78 is 9.85. The lowest BCUT2D eigenvalue weighted by Crippen LogP contribution is -2.30. The van der Waals surface area contributed by atoms with Gasteiger partial charge in [0.1, 0.15) is 6.10 Å². The van der Waals surface area contributed by atoms with E-state index < -0.39 is 24.1 Å². The standard InChI is InChI=1S/C26H42O5/c1-4-5-6-7-8-9-10-11-12-13-14-15-16-17-18-19-20-21-22-30-26(29)24(3)31-25(28)23(2)27/h8-9,11-12,14-15,17-18,23-24,27H,4-7,10,13,16,19-22H2,1-3H3. The first-order chi connectivity index (χ1) is 15.0. The summed E-state index contributed by atoms with van der Waals surface area (Å²) in [6, 6.07) is 0. The molecular weight excluding hydrogens is 392 g/mol. The van der Waals surface area contributed by atoms with Gasteiger partial charge in [-0.3, -0.25) is 0 Å². The summed E-state index contributed by atoms with van der Waals surface area (Å²) in [6.45, 7) is 5.24. The predicted octanol–water partition coefficient (Wildman–Crippen LogP) is 5.99. The van der Waals surface area contributed by atoms with Crippen LogP contribution in [-0.2, 0) is 19.1 Å². The molecule has 2 unspecified atom stereocenters. The van der Waals surface area contributed by atoms with Crippen molar-refractivity contribution in [3.8, 4) is 0 Å². The zero-order chi connectivity index (χ0) is 23.2. The van der Waals surface area contributed by atoms with Gasteiger partial charge in [-0.25, -0.2) is 9.59 Å². The van der Waals surface area contributed by atoms with Crippen LogP contribution in [0.5, 0.6) is 0 Å². The summed E-state index contributed by atoms with van der Waals surface area (Å²) in [5.41, 5.74) is 0. The first kappa shape index (κ1) is 28.9. The van der Waals surface area contributed by atoms with Crippen LogP contribution in [0.1, 0.15) is 85.0 Å². The summed E-state index contributed by atoms with van der Waals surface area (Å²) in [5.74, 6) is -1.42. The molecule has 0 radical (unpaired) electrons. The number of hydrogen-bond acceptors (Lipinski definition) is 5. The van der Waals surface area contributed by atoms with E-state index in [1.54, 1.807) is 0 Å². The van der Waals surface area contributed by atoms with E-state index in [-0.39, 0.29) is 0 Å². The van der Waals surface area contributed by atoms with Gasteiger partial charge in [-0.2, -0.15) is 0 Å². The van der Waals surface area contributed by atoms with E-state index in [0.29, 0.717) is 6.61 Å². The number of aliphatic hydroxyl groups is 1. The Bertz CT molecular complexity index is 572. The SMILES string of the molecule is CCCCCC=CCC=CCC=CCC=CCCCCOC(=O)C(C)OC(=O)C(C)O. The third-order valence-electron chi connectivity index (χ3n) is 4.43. The molecule has 5 nitrogen and oxygen atoms in total. The average Bonchev–Trinajstić information content (AvgIpc) is 2.74. The molecule has 5 heteroatoms. The Kier molecular flexibility index (Phi) is 19.6. The van der Waals surface area contributed by atoms with E-state index >= 15 is 0 Å². The summed E-state index contributed by atoms with van der Waals surface area (Å²) in [5, 5.41) is 9.05. The lowest BCUT2D eigenvalue weighted by atomic mass is 10.2. The topological polar surface area (TPSA) is 72.8 Å². The second-order valence-corrected chi connectivity index (χ2v) is 7.51. The van der Waals surface area contributed by atoms with Crippen molar-refractivity contribution in [1.29, 1.82) is 0 Å². The molecule has 0 aromatic rings. The van der Waals surface area contributed by atoms with Gasteiger partial charge in [-0.1, -0.05) is 68.4 Å². The quantitative estimate of drug-likeness (QED) is 0.163. The Morgan fingerprint density at radius 1 is 0.742 bits per heavy atom. The van der Waals surface area contributed by atoms with Crippen LogP contribution in [0.4, 0.5) is 0 Å². The molecule has 0 heterocycles. The Balaban J connectivity index is 3.59. The van der Waals surface area contributed by atoms with E-state index in [0.717, 1.165) is 38.5 Å². The van der Waals surface area contributed by atoms with Crippen LogP contribution < -0.4 is 0 Å². The number of carbonyl (C=O) groups is 2. The molecular formula is C26H42O5. The molecule has 0 saturated carbocycles. The average molecular weight is 435 g/mol. The van der Waals surface area contributed by atoms with Crippen LogP contribution in [0.2, 0.25) is 0 Å². The lowest BCUT2D eigenvalue weighted by Gasteiger charge is -2.13. The van der Waals surface area contributed by atoms with Crippen molar-refractivity contribution in [3.05, 3.63) is 48.6 Å². The molecule has 0 fully saturated rings. The molecule has 0 aromatic carbocycles. The lowest BCUT2D eigenvalue weighted by molar-refractivity contribution is -0.171. The van der Waals surface area contributed by atoms with Gasteiger partial charge >= 0.3 is 11.9 Å². The minimum absolute atomic E-state index is 0.295. The molecule has 0 rings (SSSR count). The molecule has 176 valence electrons. The third kappa shape index (κ3) is 19.6. The maximum atomic E-state index is 11.7. The van der Waals surface area contributed by atoms with Gasteiger partial charge in [0.2, 0.25) is 0 Å².